The summed E-state index contributed by atoms with van der Waals surface area (Å²) in [6, 6.07) is 10.6. The van der Waals surface area contributed by atoms with Crippen molar-refractivity contribution in [1.82, 2.24) is 14.3 Å². The lowest BCUT2D eigenvalue weighted by atomic mass is 9.60. The van der Waals surface area contributed by atoms with Gasteiger partial charge in [0.05, 0.1) is 6.26 Å². The zero-order valence-electron chi connectivity index (χ0n) is 16.6. The first kappa shape index (κ1) is 20.0. The van der Waals surface area contributed by atoms with Gasteiger partial charge in [-0.15, -0.1) is 0 Å². The highest BCUT2D eigenvalue weighted by molar-refractivity contribution is 7.88. The second-order valence-electron chi connectivity index (χ2n) is 7.55. The van der Waals surface area contributed by atoms with Gasteiger partial charge in [-0.3, -0.25) is 0 Å². The number of hydrogen-bond donors (Lipinski definition) is 0. The van der Waals surface area contributed by atoms with E-state index >= 15 is 0 Å². The number of sulfonamides is 1. The molecule has 1 saturated heterocycles. The van der Waals surface area contributed by atoms with E-state index in [-0.39, 0.29) is 5.41 Å². The van der Waals surface area contributed by atoms with Crippen molar-refractivity contribution in [2.24, 2.45) is 5.92 Å². The first-order valence-electron chi connectivity index (χ1n) is 9.60. The maximum absolute atomic E-state index is 12.0. The fourth-order valence-electron chi connectivity index (χ4n) is 4.91. The molecule has 1 aromatic carbocycles. The maximum Gasteiger partial charge on any atom is 0.211 e. The number of aromatic nitrogens is 2. The summed E-state index contributed by atoms with van der Waals surface area (Å²) >= 11 is 0. The second kappa shape index (κ2) is 7.68. The van der Waals surface area contributed by atoms with E-state index in [0.717, 1.165) is 30.7 Å². The summed E-state index contributed by atoms with van der Waals surface area (Å²) in [6.45, 7) is 7.49. The lowest BCUT2D eigenvalue weighted by molar-refractivity contribution is 0.193. The van der Waals surface area contributed by atoms with Crippen LogP contribution in [0.2, 0.25) is 0 Å². The number of rotatable bonds is 5. The van der Waals surface area contributed by atoms with Gasteiger partial charge >= 0.3 is 0 Å². The summed E-state index contributed by atoms with van der Waals surface area (Å²) in [6.07, 6.45) is 5.53. The molecule has 0 aliphatic carbocycles. The summed E-state index contributed by atoms with van der Waals surface area (Å²) in [4.78, 5) is 9.02. The van der Waals surface area contributed by atoms with E-state index < -0.39 is 10.0 Å². The average Bonchev–Trinajstić information content (AvgIpc) is 2.65. The Morgan fingerprint density at radius 1 is 1.07 bits per heavy atom. The SMILES string of the molecule is CCC(c1ccccc1)(c1c(C)ncnc1C)C1CCN(S(C)(=O)=O)CC1. The minimum Gasteiger partial charge on any atom is -0.241 e. The highest BCUT2D eigenvalue weighted by Gasteiger charge is 2.44. The number of piperidine rings is 1. The Kier molecular flexibility index (Phi) is 5.68. The smallest absolute Gasteiger partial charge is 0.211 e. The molecule has 0 amide bonds. The van der Waals surface area contributed by atoms with E-state index in [0.29, 0.717) is 19.0 Å². The van der Waals surface area contributed by atoms with Gasteiger partial charge in [0.2, 0.25) is 10.0 Å². The zero-order valence-corrected chi connectivity index (χ0v) is 17.5. The lowest BCUT2D eigenvalue weighted by Gasteiger charge is -2.46. The Labute approximate surface area is 162 Å². The summed E-state index contributed by atoms with van der Waals surface area (Å²) in [5.41, 5.74) is 4.29. The number of nitrogens with zero attached hydrogens (tertiary/aromatic N) is 3. The third-order valence-electron chi connectivity index (χ3n) is 6.14. The number of aryl methyl sites for hydroxylation is 2. The molecular formula is C21H29N3O2S. The van der Waals surface area contributed by atoms with Gasteiger partial charge in [0.15, 0.2) is 0 Å². The van der Waals surface area contributed by atoms with Crippen molar-refractivity contribution in [2.45, 2.75) is 45.4 Å². The van der Waals surface area contributed by atoms with E-state index in [1.54, 1.807) is 10.6 Å². The lowest BCUT2D eigenvalue weighted by Crippen LogP contribution is -2.46. The molecular weight excluding hydrogens is 358 g/mol. The van der Waals surface area contributed by atoms with Crippen LogP contribution in [-0.2, 0) is 15.4 Å². The van der Waals surface area contributed by atoms with Crippen LogP contribution in [0.1, 0.15) is 48.7 Å². The summed E-state index contributed by atoms with van der Waals surface area (Å²) < 4.78 is 25.5. The molecule has 5 nitrogen and oxygen atoms in total. The Hall–Kier alpha value is -1.79. The van der Waals surface area contributed by atoms with Gasteiger partial charge in [-0.1, -0.05) is 37.3 Å². The monoisotopic (exact) mass is 387 g/mol. The molecule has 1 aromatic heterocycles. The van der Waals surface area contributed by atoms with Gasteiger partial charge in [0.25, 0.3) is 0 Å². The predicted octanol–water partition coefficient (Wildman–Crippen LogP) is 3.46. The van der Waals surface area contributed by atoms with Crippen LogP contribution in [0, 0.1) is 19.8 Å². The van der Waals surface area contributed by atoms with E-state index in [4.69, 9.17) is 0 Å². The molecule has 0 spiro atoms. The highest BCUT2D eigenvalue weighted by atomic mass is 32.2. The molecule has 0 radical (unpaired) electrons. The molecule has 3 rings (SSSR count). The molecule has 1 fully saturated rings. The van der Waals surface area contributed by atoms with Crippen LogP contribution in [0.25, 0.3) is 0 Å². The molecule has 1 aliphatic rings. The van der Waals surface area contributed by atoms with E-state index in [2.05, 4.69) is 55.0 Å². The predicted molar refractivity (Wildman–Crippen MR) is 108 cm³/mol. The molecule has 0 N–H and O–H groups in total. The largest absolute Gasteiger partial charge is 0.241 e. The Balaban J connectivity index is 2.12. The van der Waals surface area contributed by atoms with Gasteiger partial charge in [0.1, 0.15) is 6.33 Å². The van der Waals surface area contributed by atoms with Gasteiger partial charge in [-0.05, 0) is 44.6 Å². The van der Waals surface area contributed by atoms with Crippen molar-refractivity contribution in [2.75, 3.05) is 19.3 Å². The summed E-state index contributed by atoms with van der Waals surface area (Å²) in [5, 5.41) is 0. The fourth-order valence-corrected chi connectivity index (χ4v) is 5.78. The third kappa shape index (κ3) is 3.65. The Morgan fingerprint density at radius 3 is 2.11 bits per heavy atom. The topological polar surface area (TPSA) is 63.2 Å². The molecule has 146 valence electrons. The van der Waals surface area contributed by atoms with Gasteiger partial charge in [0, 0.05) is 35.5 Å². The first-order valence-corrected chi connectivity index (χ1v) is 11.4. The van der Waals surface area contributed by atoms with Crippen LogP contribution in [0.5, 0.6) is 0 Å². The first-order chi connectivity index (χ1) is 12.8. The quantitative estimate of drug-likeness (QED) is 0.788. The molecule has 1 unspecified atom stereocenters. The van der Waals surface area contributed by atoms with Gasteiger partial charge in [-0.25, -0.2) is 22.7 Å². The molecule has 1 aliphatic heterocycles. The summed E-state index contributed by atoms with van der Waals surface area (Å²) in [5.74, 6) is 0.339. The standard InChI is InChI=1S/C21H29N3O2S/c1-5-21(18-9-7-6-8-10-18,20-16(2)22-15-23-17(20)3)19-11-13-24(14-12-19)27(4,25)26/h6-10,15,19H,5,11-14H2,1-4H3. The van der Waals surface area contributed by atoms with Crippen molar-refractivity contribution in [3.63, 3.8) is 0 Å². The maximum atomic E-state index is 12.0. The summed E-state index contributed by atoms with van der Waals surface area (Å²) in [7, 11) is -3.14. The van der Waals surface area contributed by atoms with Crippen molar-refractivity contribution in [1.29, 1.82) is 0 Å². The highest BCUT2D eigenvalue weighted by Crippen LogP contribution is 2.48. The third-order valence-corrected chi connectivity index (χ3v) is 7.44. The van der Waals surface area contributed by atoms with Crippen molar-refractivity contribution < 1.29 is 8.42 Å². The molecule has 1 atom stereocenters. The van der Waals surface area contributed by atoms with E-state index in [1.807, 2.05) is 6.07 Å². The van der Waals surface area contributed by atoms with Crippen LogP contribution in [0.4, 0.5) is 0 Å². The van der Waals surface area contributed by atoms with Crippen molar-refractivity contribution in [3.8, 4) is 0 Å². The molecule has 2 aromatic rings. The molecule has 0 bridgehead atoms. The van der Waals surface area contributed by atoms with Crippen LogP contribution in [0.3, 0.4) is 0 Å². The van der Waals surface area contributed by atoms with Crippen molar-refractivity contribution in [3.05, 3.63) is 59.2 Å². The second-order valence-corrected chi connectivity index (χ2v) is 9.53. The molecule has 6 heteroatoms. The Bertz CT molecular complexity index is 871. The number of hydrogen-bond acceptors (Lipinski definition) is 4. The number of benzene rings is 1. The van der Waals surface area contributed by atoms with E-state index in [1.165, 1.54) is 17.4 Å². The average molecular weight is 388 g/mol. The fraction of sp³-hybridized carbons (Fsp3) is 0.524. The van der Waals surface area contributed by atoms with Gasteiger partial charge < -0.3 is 0 Å². The van der Waals surface area contributed by atoms with Crippen LogP contribution in [-0.4, -0.2) is 42.0 Å². The molecule has 27 heavy (non-hydrogen) atoms. The van der Waals surface area contributed by atoms with Crippen LogP contribution < -0.4 is 0 Å². The minimum absolute atomic E-state index is 0.208. The Morgan fingerprint density at radius 2 is 1.63 bits per heavy atom. The van der Waals surface area contributed by atoms with Gasteiger partial charge in [-0.2, -0.15) is 0 Å². The minimum atomic E-state index is -3.14. The van der Waals surface area contributed by atoms with Crippen molar-refractivity contribution >= 4 is 10.0 Å². The zero-order chi connectivity index (χ0) is 19.7. The normalized spacial score (nSPS) is 19.0. The molecule has 0 saturated carbocycles. The molecule has 2 heterocycles. The van der Waals surface area contributed by atoms with Crippen LogP contribution >= 0.6 is 0 Å². The van der Waals surface area contributed by atoms with Crippen LogP contribution in [0.15, 0.2) is 36.7 Å². The van der Waals surface area contributed by atoms with E-state index in [9.17, 15) is 8.42 Å².